The highest BCUT2D eigenvalue weighted by atomic mass is 35.5. The van der Waals surface area contributed by atoms with Crippen LogP contribution in [0.1, 0.15) is 30.1 Å². The second-order valence-electron chi connectivity index (χ2n) is 3.83. The number of halogens is 1. The molecule has 0 saturated heterocycles. The number of carbonyl (C=O) groups excluding carboxylic acids is 1. The first-order chi connectivity index (χ1) is 7.22. The monoisotopic (exact) mass is 223 g/mol. The van der Waals surface area contributed by atoms with Gasteiger partial charge in [-0.3, -0.25) is 4.79 Å². The van der Waals surface area contributed by atoms with Crippen LogP contribution in [0, 0.1) is 0 Å². The molecule has 3 heteroatoms. The Morgan fingerprint density at radius 2 is 2.27 bits per heavy atom. The molecule has 15 heavy (non-hydrogen) atoms. The Bertz CT molecular complexity index is 374. The number of nitrogens with zero attached hydrogens (tertiary/aromatic N) is 1. The Kier molecular flexibility index (Phi) is 2.96. The molecule has 1 aliphatic carbocycles. The van der Waals surface area contributed by atoms with Crippen molar-refractivity contribution in [3.8, 4) is 0 Å². The fourth-order valence-corrected chi connectivity index (χ4v) is 1.93. The quantitative estimate of drug-likeness (QED) is 0.772. The maximum absolute atomic E-state index is 12.1. The molecule has 0 radical (unpaired) electrons. The lowest BCUT2D eigenvalue weighted by Gasteiger charge is -2.20. The highest BCUT2D eigenvalue weighted by Crippen LogP contribution is 2.28. The highest BCUT2D eigenvalue weighted by Gasteiger charge is 2.31. The molecule has 2 nitrogen and oxygen atoms in total. The minimum Gasteiger partial charge on any atom is -0.336 e. The average molecular weight is 224 g/mol. The minimum absolute atomic E-state index is 0.0995. The molecule has 80 valence electrons. The first-order valence-electron chi connectivity index (χ1n) is 5.29. The van der Waals surface area contributed by atoms with Crippen molar-refractivity contribution in [1.29, 1.82) is 0 Å². The molecule has 0 aromatic heterocycles. The third-order valence-corrected chi connectivity index (χ3v) is 2.90. The van der Waals surface area contributed by atoms with Gasteiger partial charge in [-0.2, -0.15) is 0 Å². The van der Waals surface area contributed by atoms with Gasteiger partial charge in [0.1, 0.15) is 0 Å². The van der Waals surface area contributed by atoms with Crippen LogP contribution < -0.4 is 0 Å². The van der Waals surface area contributed by atoms with Gasteiger partial charge in [0.05, 0.1) is 0 Å². The standard InChI is InChI=1S/C12H14ClNO/c1-2-14(11-6-7-11)12(15)9-4-3-5-10(13)8-9/h3-5,8,11H,2,6-7H2,1H3. The Balaban J connectivity index is 2.18. The third kappa shape index (κ3) is 2.32. The maximum Gasteiger partial charge on any atom is 0.254 e. The van der Waals surface area contributed by atoms with E-state index < -0.39 is 0 Å². The molecule has 1 fully saturated rings. The molecule has 1 saturated carbocycles. The third-order valence-electron chi connectivity index (χ3n) is 2.66. The summed E-state index contributed by atoms with van der Waals surface area (Å²) in [6, 6.07) is 7.61. The largest absolute Gasteiger partial charge is 0.336 e. The molecule has 1 aliphatic rings. The van der Waals surface area contributed by atoms with Gasteiger partial charge >= 0.3 is 0 Å². The van der Waals surface area contributed by atoms with Gasteiger partial charge in [-0.1, -0.05) is 17.7 Å². The number of hydrogen-bond acceptors (Lipinski definition) is 1. The van der Waals surface area contributed by atoms with E-state index in [1.165, 1.54) is 0 Å². The lowest BCUT2D eigenvalue weighted by Crippen LogP contribution is -2.32. The van der Waals surface area contributed by atoms with Crippen molar-refractivity contribution < 1.29 is 4.79 Å². The molecular formula is C12H14ClNO. The molecule has 1 amide bonds. The Labute approximate surface area is 94.8 Å². The van der Waals surface area contributed by atoms with Gasteiger partial charge in [-0.05, 0) is 38.0 Å². The van der Waals surface area contributed by atoms with Crippen LogP contribution in [0.15, 0.2) is 24.3 Å². The van der Waals surface area contributed by atoms with E-state index in [0.29, 0.717) is 16.6 Å². The molecule has 0 unspecified atom stereocenters. The first-order valence-corrected chi connectivity index (χ1v) is 5.66. The summed E-state index contributed by atoms with van der Waals surface area (Å²) < 4.78 is 0. The molecule has 0 aliphatic heterocycles. The Hall–Kier alpha value is -1.02. The predicted molar refractivity (Wildman–Crippen MR) is 61.2 cm³/mol. The van der Waals surface area contributed by atoms with E-state index in [1.54, 1.807) is 12.1 Å². The van der Waals surface area contributed by atoms with Gasteiger partial charge in [0.25, 0.3) is 5.91 Å². The molecular weight excluding hydrogens is 210 g/mol. The lowest BCUT2D eigenvalue weighted by molar-refractivity contribution is 0.0752. The smallest absolute Gasteiger partial charge is 0.254 e. The van der Waals surface area contributed by atoms with E-state index >= 15 is 0 Å². The zero-order valence-electron chi connectivity index (χ0n) is 8.74. The van der Waals surface area contributed by atoms with Crippen LogP contribution in [0.3, 0.4) is 0 Å². The van der Waals surface area contributed by atoms with Crippen molar-refractivity contribution in [2.45, 2.75) is 25.8 Å². The second-order valence-corrected chi connectivity index (χ2v) is 4.27. The maximum atomic E-state index is 12.1. The van der Waals surface area contributed by atoms with Crippen LogP contribution in [-0.4, -0.2) is 23.4 Å². The van der Waals surface area contributed by atoms with E-state index in [9.17, 15) is 4.79 Å². The summed E-state index contributed by atoms with van der Waals surface area (Å²) in [5.41, 5.74) is 0.691. The van der Waals surface area contributed by atoms with Crippen molar-refractivity contribution in [2.75, 3.05) is 6.54 Å². The number of rotatable bonds is 3. The van der Waals surface area contributed by atoms with Crippen molar-refractivity contribution >= 4 is 17.5 Å². The van der Waals surface area contributed by atoms with Gasteiger partial charge < -0.3 is 4.90 Å². The molecule has 1 aromatic carbocycles. The van der Waals surface area contributed by atoms with E-state index in [-0.39, 0.29) is 5.91 Å². The van der Waals surface area contributed by atoms with Crippen molar-refractivity contribution in [3.63, 3.8) is 0 Å². The van der Waals surface area contributed by atoms with Crippen LogP contribution in [-0.2, 0) is 0 Å². The van der Waals surface area contributed by atoms with Crippen molar-refractivity contribution in [3.05, 3.63) is 34.9 Å². The van der Waals surface area contributed by atoms with Gasteiger partial charge in [-0.25, -0.2) is 0 Å². The molecule has 0 heterocycles. The van der Waals surface area contributed by atoms with Gasteiger partial charge in [-0.15, -0.1) is 0 Å². The normalized spacial score (nSPS) is 15.1. The molecule has 0 bridgehead atoms. The summed E-state index contributed by atoms with van der Waals surface area (Å²) in [6.45, 7) is 2.79. The Morgan fingerprint density at radius 3 is 2.80 bits per heavy atom. The predicted octanol–water partition coefficient (Wildman–Crippen LogP) is 2.96. The summed E-state index contributed by atoms with van der Waals surface area (Å²) >= 11 is 5.86. The zero-order valence-corrected chi connectivity index (χ0v) is 9.50. The van der Waals surface area contributed by atoms with Crippen LogP contribution in [0.2, 0.25) is 5.02 Å². The van der Waals surface area contributed by atoms with Gasteiger partial charge in [0.15, 0.2) is 0 Å². The highest BCUT2D eigenvalue weighted by molar-refractivity contribution is 6.30. The Morgan fingerprint density at radius 1 is 1.53 bits per heavy atom. The molecule has 0 N–H and O–H groups in total. The van der Waals surface area contributed by atoms with Crippen LogP contribution >= 0.6 is 11.6 Å². The second kappa shape index (κ2) is 4.23. The van der Waals surface area contributed by atoms with Crippen molar-refractivity contribution in [2.24, 2.45) is 0 Å². The van der Waals surface area contributed by atoms with Crippen LogP contribution in [0.4, 0.5) is 0 Å². The summed E-state index contributed by atoms with van der Waals surface area (Å²) in [5, 5.41) is 0.618. The van der Waals surface area contributed by atoms with Crippen LogP contribution in [0.5, 0.6) is 0 Å². The van der Waals surface area contributed by atoms with Gasteiger partial charge in [0, 0.05) is 23.2 Å². The SMILES string of the molecule is CCN(C(=O)c1cccc(Cl)c1)C1CC1. The molecule has 1 aromatic rings. The molecule has 0 spiro atoms. The number of benzene rings is 1. The first kappa shape index (κ1) is 10.5. The topological polar surface area (TPSA) is 20.3 Å². The molecule has 2 rings (SSSR count). The summed E-state index contributed by atoms with van der Waals surface area (Å²) in [5.74, 6) is 0.0995. The van der Waals surface area contributed by atoms with Crippen LogP contribution in [0.25, 0.3) is 0 Å². The number of amides is 1. The van der Waals surface area contributed by atoms with E-state index in [0.717, 1.165) is 19.4 Å². The number of hydrogen-bond donors (Lipinski definition) is 0. The van der Waals surface area contributed by atoms with E-state index in [4.69, 9.17) is 11.6 Å². The fourth-order valence-electron chi connectivity index (χ4n) is 1.74. The minimum atomic E-state index is 0.0995. The lowest BCUT2D eigenvalue weighted by atomic mass is 10.2. The number of carbonyl (C=O) groups is 1. The zero-order chi connectivity index (χ0) is 10.8. The van der Waals surface area contributed by atoms with Gasteiger partial charge in [0.2, 0.25) is 0 Å². The molecule has 0 atom stereocenters. The summed E-state index contributed by atoms with van der Waals surface area (Å²) in [4.78, 5) is 14.0. The van der Waals surface area contributed by atoms with Crippen molar-refractivity contribution in [1.82, 2.24) is 4.90 Å². The summed E-state index contributed by atoms with van der Waals surface area (Å²) in [7, 11) is 0. The van der Waals surface area contributed by atoms with E-state index in [2.05, 4.69) is 0 Å². The van der Waals surface area contributed by atoms with E-state index in [1.807, 2.05) is 24.0 Å². The fraction of sp³-hybridized carbons (Fsp3) is 0.417. The summed E-state index contributed by atoms with van der Waals surface area (Å²) in [6.07, 6.45) is 2.28. The average Bonchev–Trinajstić information content (AvgIpc) is 3.03.